The topological polar surface area (TPSA) is 57.6 Å². The number of carbonyl (C=O) groups is 2. The van der Waals surface area contributed by atoms with Crippen LogP contribution in [0, 0.1) is 0 Å². The largest absolute Gasteiger partial charge is 0.480 e. The first-order valence-corrected chi connectivity index (χ1v) is 8.85. The van der Waals surface area contributed by atoms with Crippen LogP contribution in [0.3, 0.4) is 0 Å². The maximum Gasteiger partial charge on any atom is 0.326 e. The lowest BCUT2D eigenvalue weighted by molar-refractivity contribution is -0.141. The van der Waals surface area contributed by atoms with Crippen molar-refractivity contribution in [2.45, 2.75) is 12.5 Å². The summed E-state index contributed by atoms with van der Waals surface area (Å²) >= 11 is 16.6. The van der Waals surface area contributed by atoms with Gasteiger partial charge in [0, 0.05) is 23.4 Å². The van der Waals surface area contributed by atoms with Gasteiger partial charge in [0.25, 0.3) is 5.91 Å². The average molecular weight is 437 g/mol. The van der Waals surface area contributed by atoms with Crippen molar-refractivity contribution >= 4 is 62.3 Å². The zero-order valence-electron chi connectivity index (χ0n) is 11.9. The smallest absolute Gasteiger partial charge is 0.326 e. The number of carboxylic acids is 1. The molecule has 122 valence electrons. The molecule has 1 heterocycles. The fraction of sp³-hybridized carbons (Fsp3) is 0.200. The van der Waals surface area contributed by atoms with Crippen LogP contribution in [-0.4, -0.2) is 35.0 Å². The molecule has 1 N–H and O–H groups in total. The Labute approximate surface area is 155 Å². The summed E-state index contributed by atoms with van der Waals surface area (Å²) < 4.78 is 0.909. The summed E-state index contributed by atoms with van der Waals surface area (Å²) in [6.45, 7) is 0. The van der Waals surface area contributed by atoms with Gasteiger partial charge in [-0.2, -0.15) is 0 Å². The third-order valence-corrected chi connectivity index (χ3v) is 5.45. The van der Waals surface area contributed by atoms with Crippen molar-refractivity contribution in [3.63, 3.8) is 0 Å². The van der Waals surface area contributed by atoms with Crippen LogP contribution < -0.4 is 0 Å². The van der Waals surface area contributed by atoms with Crippen LogP contribution in [0.2, 0.25) is 10.0 Å². The molecule has 0 spiro atoms. The molecule has 1 aromatic heterocycles. The van der Waals surface area contributed by atoms with Gasteiger partial charge in [0.15, 0.2) is 0 Å². The fourth-order valence-corrected chi connectivity index (χ4v) is 4.05. The minimum absolute atomic E-state index is 0.192. The van der Waals surface area contributed by atoms with Gasteiger partial charge in [-0.1, -0.05) is 23.2 Å². The lowest BCUT2D eigenvalue weighted by Crippen LogP contribution is -2.43. The maximum absolute atomic E-state index is 12.5. The summed E-state index contributed by atoms with van der Waals surface area (Å²) in [6, 6.07) is 7.18. The van der Waals surface area contributed by atoms with E-state index in [0.29, 0.717) is 5.02 Å². The van der Waals surface area contributed by atoms with Crippen LogP contribution in [0.4, 0.5) is 0 Å². The first-order valence-electron chi connectivity index (χ1n) is 6.49. The molecular formula is C15H12BrCl2NO3S. The van der Waals surface area contributed by atoms with Gasteiger partial charge in [-0.05, 0) is 46.3 Å². The summed E-state index contributed by atoms with van der Waals surface area (Å²) in [4.78, 5) is 26.2. The Balaban J connectivity index is 2.24. The Morgan fingerprint density at radius 2 is 2.00 bits per heavy atom. The molecule has 0 aliphatic heterocycles. The lowest BCUT2D eigenvalue weighted by atomic mass is 10.1. The molecule has 2 aromatic rings. The highest BCUT2D eigenvalue weighted by molar-refractivity contribution is 9.11. The van der Waals surface area contributed by atoms with Crippen LogP contribution in [0.25, 0.3) is 0 Å². The minimum atomic E-state index is -1.07. The molecule has 2 rings (SSSR count). The minimum Gasteiger partial charge on any atom is -0.480 e. The van der Waals surface area contributed by atoms with E-state index in [1.54, 1.807) is 6.07 Å². The monoisotopic (exact) mass is 435 g/mol. The molecule has 0 saturated heterocycles. The second kappa shape index (κ2) is 7.66. The molecule has 23 heavy (non-hydrogen) atoms. The third kappa shape index (κ3) is 4.47. The van der Waals surface area contributed by atoms with Gasteiger partial charge in [-0.3, -0.25) is 4.79 Å². The van der Waals surface area contributed by atoms with Gasteiger partial charge in [-0.15, -0.1) is 11.3 Å². The summed E-state index contributed by atoms with van der Waals surface area (Å²) in [7, 11) is 1.45. The number of rotatable bonds is 5. The summed E-state index contributed by atoms with van der Waals surface area (Å²) in [5.41, 5.74) is 0.220. The number of amides is 1. The van der Waals surface area contributed by atoms with Gasteiger partial charge in [-0.25, -0.2) is 4.79 Å². The van der Waals surface area contributed by atoms with Gasteiger partial charge in [0.05, 0.1) is 14.4 Å². The van der Waals surface area contributed by atoms with E-state index in [1.165, 1.54) is 35.4 Å². The van der Waals surface area contributed by atoms with Gasteiger partial charge >= 0.3 is 5.97 Å². The number of hydrogen-bond donors (Lipinski definition) is 1. The summed E-state index contributed by atoms with van der Waals surface area (Å²) in [5, 5.41) is 10.1. The van der Waals surface area contributed by atoms with E-state index in [1.807, 2.05) is 12.1 Å². The molecule has 1 unspecified atom stereocenters. The van der Waals surface area contributed by atoms with Crippen molar-refractivity contribution in [1.29, 1.82) is 0 Å². The number of carbonyl (C=O) groups excluding carboxylic acids is 1. The Bertz CT molecular complexity index is 750. The zero-order chi connectivity index (χ0) is 17.1. The highest BCUT2D eigenvalue weighted by atomic mass is 79.9. The molecule has 1 atom stereocenters. The van der Waals surface area contributed by atoms with Gasteiger partial charge in [0.1, 0.15) is 6.04 Å². The van der Waals surface area contributed by atoms with E-state index >= 15 is 0 Å². The standard InChI is InChI=1S/C15H12BrCl2NO3S/c1-19(14(20)10-4-2-8(17)6-11(10)18)12(15(21)22)7-9-3-5-13(16)23-9/h2-6,12H,7H2,1H3,(H,21,22). The van der Waals surface area contributed by atoms with Gasteiger partial charge < -0.3 is 10.0 Å². The number of likely N-dealkylation sites (N-methyl/N-ethyl adjacent to an activating group) is 1. The number of thiophene rings is 1. The van der Waals surface area contributed by atoms with Crippen molar-refractivity contribution in [1.82, 2.24) is 4.90 Å². The second-order valence-electron chi connectivity index (χ2n) is 4.80. The molecule has 0 radical (unpaired) electrons. The first kappa shape index (κ1) is 18.3. The van der Waals surface area contributed by atoms with Gasteiger partial charge in [0.2, 0.25) is 0 Å². The van der Waals surface area contributed by atoms with Crippen molar-refractivity contribution in [2.75, 3.05) is 7.05 Å². The highest BCUT2D eigenvalue weighted by Crippen LogP contribution is 2.26. The maximum atomic E-state index is 12.5. The molecular weight excluding hydrogens is 425 g/mol. The van der Waals surface area contributed by atoms with Crippen LogP contribution in [0.15, 0.2) is 34.1 Å². The average Bonchev–Trinajstić information content (AvgIpc) is 2.88. The molecule has 0 saturated carbocycles. The molecule has 4 nitrogen and oxygen atoms in total. The van der Waals surface area contributed by atoms with E-state index in [0.717, 1.165) is 8.66 Å². The molecule has 0 aliphatic rings. The SMILES string of the molecule is CN(C(=O)c1ccc(Cl)cc1Cl)C(Cc1ccc(Br)s1)C(=O)O. The van der Waals surface area contributed by atoms with E-state index in [9.17, 15) is 14.7 Å². The second-order valence-corrected chi connectivity index (χ2v) is 8.20. The zero-order valence-corrected chi connectivity index (χ0v) is 15.8. The number of hydrogen-bond acceptors (Lipinski definition) is 3. The van der Waals surface area contributed by atoms with E-state index in [4.69, 9.17) is 23.2 Å². The van der Waals surface area contributed by atoms with Crippen molar-refractivity contribution in [3.8, 4) is 0 Å². The predicted octanol–water partition coefficient (Wildman–Crippen LogP) is 4.59. The molecule has 0 aliphatic carbocycles. The molecule has 0 bridgehead atoms. The van der Waals surface area contributed by atoms with Crippen LogP contribution >= 0.6 is 50.5 Å². The number of benzene rings is 1. The third-order valence-electron chi connectivity index (χ3n) is 3.26. The molecule has 8 heteroatoms. The Hall–Kier alpha value is -1.08. The summed E-state index contributed by atoms with van der Waals surface area (Å²) in [5.74, 6) is -1.54. The number of nitrogens with zero attached hydrogens (tertiary/aromatic N) is 1. The Morgan fingerprint density at radius 3 is 2.52 bits per heavy atom. The molecule has 1 aromatic carbocycles. The fourth-order valence-electron chi connectivity index (χ4n) is 2.04. The van der Waals surface area contributed by atoms with Crippen LogP contribution in [0.5, 0.6) is 0 Å². The number of halogens is 3. The van der Waals surface area contributed by atoms with E-state index < -0.39 is 17.9 Å². The van der Waals surface area contributed by atoms with Crippen molar-refractivity contribution < 1.29 is 14.7 Å². The lowest BCUT2D eigenvalue weighted by Gasteiger charge is -2.25. The van der Waals surface area contributed by atoms with Crippen molar-refractivity contribution in [2.24, 2.45) is 0 Å². The van der Waals surface area contributed by atoms with E-state index in [-0.39, 0.29) is 17.0 Å². The Morgan fingerprint density at radius 1 is 1.30 bits per heavy atom. The summed E-state index contributed by atoms with van der Waals surface area (Å²) in [6.07, 6.45) is 0.221. The molecule has 1 amide bonds. The van der Waals surface area contributed by atoms with Crippen molar-refractivity contribution in [3.05, 3.63) is 54.6 Å². The number of carboxylic acid groups (broad SMARTS) is 1. The number of aliphatic carboxylic acids is 1. The van der Waals surface area contributed by atoms with E-state index in [2.05, 4.69) is 15.9 Å². The molecule has 0 fully saturated rings. The first-order chi connectivity index (χ1) is 10.8. The predicted molar refractivity (Wildman–Crippen MR) is 95.7 cm³/mol. The van der Waals surface area contributed by atoms with Crippen LogP contribution in [-0.2, 0) is 11.2 Å². The Kier molecular flexibility index (Phi) is 6.08. The van der Waals surface area contributed by atoms with Crippen LogP contribution in [0.1, 0.15) is 15.2 Å². The normalized spacial score (nSPS) is 12.0. The quantitative estimate of drug-likeness (QED) is 0.745. The highest BCUT2D eigenvalue weighted by Gasteiger charge is 2.29.